The van der Waals surface area contributed by atoms with E-state index in [0.29, 0.717) is 19.3 Å². The van der Waals surface area contributed by atoms with Crippen molar-refractivity contribution in [1.29, 1.82) is 0 Å². The van der Waals surface area contributed by atoms with Crippen LogP contribution < -0.4 is 0 Å². The Hall–Kier alpha value is -2.63. The lowest BCUT2D eigenvalue weighted by molar-refractivity contribution is -0.167. The first kappa shape index (κ1) is 69.4. The van der Waals surface area contributed by atoms with Crippen molar-refractivity contribution in [3.05, 3.63) is 48.6 Å². The number of carbonyl (C=O) groups is 3. The summed E-state index contributed by atoms with van der Waals surface area (Å²) in [7, 11) is 0. The molecule has 0 aromatic heterocycles. The van der Waals surface area contributed by atoms with E-state index >= 15 is 0 Å². The van der Waals surface area contributed by atoms with E-state index in [9.17, 15) is 14.4 Å². The molecule has 1 atom stereocenters. The van der Waals surface area contributed by atoms with Gasteiger partial charge in [-0.25, -0.2) is 0 Å². The Balaban J connectivity index is 4.23. The molecule has 0 fully saturated rings. The van der Waals surface area contributed by atoms with Gasteiger partial charge in [0.2, 0.25) is 0 Å². The van der Waals surface area contributed by atoms with Crippen LogP contribution >= 0.6 is 0 Å². The lowest BCUT2D eigenvalue weighted by Crippen LogP contribution is -2.30. The fraction of sp³-hybridized carbons (Fsp3) is 0.833. The molecule has 1 unspecified atom stereocenters. The van der Waals surface area contributed by atoms with Gasteiger partial charge in [-0.3, -0.25) is 14.4 Å². The maximum Gasteiger partial charge on any atom is 0.306 e. The second kappa shape index (κ2) is 60.9. The van der Waals surface area contributed by atoms with Gasteiger partial charge in [0.15, 0.2) is 6.10 Å². The van der Waals surface area contributed by atoms with Crippen molar-refractivity contribution in [2.75, 3.05) is 13.2 Å². The first-order valence-electron chi connectivity index (χ1n) is 31.6. The highest BCUT2D eigenvalue weighted by atomic mass is 16.6. The first-order chi connectivity index (χ1) is 35.5. The van der Waals surface area contributed by atoms with Crippen LogP contribution in [0.2, 0.25) is 0 Å². The number of carbonyl (C=O) groups excluding carboxylic acids is 3. The van der Waals surface area contributed by atoms with E-state index in [2.05, 4.69) is 69.4 Å². The smallest absolute Gasteiger partial charge is 0.306 e. The molecule has 0 saturated heterocycles. The Kier molecular flexibility index (Phi) is 58.7. The van der Waals surface area contributed by atoms with Crippen molar-refractivity contribution < 1.29 is 28.6 Å². The number of allylic oxidation sites excluding steroid dienone is 8. The highest BCUT2D eigenvalue weighted by Gasteiger charge is 2.19. The molecule has 0 heterocycles. The minimum atomic E-state index is -0.780. The van der Waals surface area contributed by atoms with Crippen molar-refractivity contribution in [3.8, 4) is 0 Å². The van der Waals surface area contributed by atoms with Gasteiger partial charge in [-0.15, -0.1) is 0 Å². The third-order valence-corrected chi connectivity index (χ3v) is 14.0. The van der Waals surface area contributed by atoms with Gasteiger partial charge in [-0.05, 0) is 96.3 Å². The van der Waals surface area contributed by atoms with Crippen molar-refractivity contribution in [2.24, 2.45) is 0 Å². The summed E-state index contributed by atoms with van der Waals surface area (Å²) in [5.41, 5.74) is 0. The summed E-state index contributed by atoms with van der Waals surface area (Å²) >= 11 is 0. The molecule has 6 heteroatoms. The van der Waals surface area contributed by atoms with Gasteiger partial charge >= 0.3 is 17.9 Å². The molecule has 0 aliphatic rings. The van der Waals surface area contributed by atoms with E-state index in [1.807, 2.05) is 0 Å². The monoisotopic (exact) mass is 1010 g/mol. The van der Waals surface area contributed by atoms with Gasteiger partial charge in [-0.2, -0.15) is 0 Å². The number of ether oxygens (including phenoxy) is 3. The minimum absolute atomic E-state index is 0.0768. The molecule has 0 bridgehead atoms. The molecule has 0 saturated carbocycles. The number of rotatable bonds is 58. The Morgan fingerprint density at radius 1 is 0.278 bits per heavy atom. The molecule has 0 aromatic carbocycles. The molecule has 0 aliphatic carbocycles. The molecule has 0 amide bonds. The van der Waals surface area contributed by atoms with Crippen LogP contribution in [0.25, 0.3) is 0 Å². The third-order valence-electron chi connectivity index (χ3n) is 14.0. The van der Waals surface area contributed by atoms with Crippen LogP contribution in [0.5, 0.6) is 0 Å². The lowest BCUT2D eigenvalue weighted by Gasteiger charge is -2.18. The number of hydrogen-bond donors (Lipinski definition) is 0. The number of hydrogen-bond acceptors (Lipinski definition) is 6. The first-order valence-corrected chi connectivity index (χ1v) is 31.6. The maximum absolute atomic E-state index is 12.9. The quantitative estimate of drug-likeness (QED) is 0.0261. The van der Waals surface area contributed by atoms with Crippen molar-refractivity contribution in [1.82, 2.24) is 0 Å². The molecule has 420 valence electrons. The molecule has 6 nitrogen and oxygen atoms in total. The van der Waals surface area contributed by atoms with E-state index in [0.717, 1.165) is 77.0 Å². The van der Waals surface area contributed by atoms with Crippen LogP contribution in [0.15, 0.2) is 48.6 Å². The molecular weight excluding hydrogens is 889 g/mol. The summed E-state index contributed by atoms with van der Waals surface area (Å²) in [6, 6.07) is 0. The second-order valence-electron chi connectivity index (χ2n) is 21.3. The zero-order valence-corrected chi connectivity index (χ0v) is 48.2. The van der Waals surface area contributed by atoms with Crippen LogP contribution in [0.3, 0.4) is 0 Å². The van der Waals surface area contributed by atoms with Crippen molar-refractivity contribution in [3.63, 3.8) is 0 Å². The fourth-order valence-corrected chi connectivity index (χ4v) is 9.22. The summed E-state index contributed by atoms with van der Waals surface area (Å²) < 4.78 is 16.9. The second-order valence-corrected chi connectivity index (χ2v) is 21.3. The van der Waals surface area contributed by atoms with Crippen LogP contribution in [-0.2, 0) is 28.6 Å². The molecule has 0 aliphatic heterocycles. The van der Waals surface area contributed by atoms with Gasteiger partial charge in [-0.1, -0.05) is 268 Å². The maximum atomic E-state index is 12.9. The number of esters is 3. The summed E-state index contributed by atoms with van der Waals surface area (Å²) in [4.78, 5) is 38.2. The largest absolute Gasteiger partial charge is 0.462 e. The van der Waals surface area contributed by atoms with Crippen molar-refractivity contribution >= 4 is 17.9 Å². The SMILES string of the molecule is CCCC/C=C\CCCCCCCC(=O)OCC(COC(=O)CCCCCCCCCCCCCCC/C=C\CCCCCCCCCC)OC(=O)CCCCCCCCC/C=C\C/C=C\CCCCCC. The predicted octanol–water partition coefficient (Wildman–Crippen LogP) is 21.4. The predicted molar refractivity (Wildman–Crippen MR) is 312 cm³/mol. The van der Waals surface area contributed by atoms with Crippen LogP contribution in [0, 0.1) is 0 Å². The molecule has 0 rings (SSSR count). The number of unbranched alkanes of at least 4 members (excludes halogenated alkanes) is 39. The van der Waals surface area contributed by atoms with Gasteiger partial charge < -0.3 is 14.2 Å². The minimum Gasteiger partial charge on any atom is -0.462 e. The molecular formula is C66H120O6. The fourth-order valence-electron chi connectivity index (χ4n) is 9.22. The summed E-state index contributed by atoms with van der Waals surface area (Å²) in [6.07, 6.45) is 75.5. The standard InChI is InChI=1S/C66H120O6/c1-4-7-10-13-16-19-22-24-26-28-30-31-32-33-34-35-36-38-39-41-44-47-50-53-56-59-65(68)71-62-63(61-70-64(67)58-55-52-49-46-43-21-18-15-12-9-6-3)72-66(69)60-57-54-51-48-45-42-40-37-29-27-25-23-20-17-14-11-8-5-2/h15,18,20,23,27-30,63H,4-14,16-17,19,21-22,24-26,31-62H2,1-3H3/b18-15-,23-20-,29-27-,30-28-. The Morgan fingerprint density at radius 3 is 0.833 bits per heavy atom. The topological polar surface area (TPSA) is 78.9 Å². The molecule has 0 radical (unpaired) electrons. The lowest BCUT2D eigenvalue weighted by atomic mass is 10.0. The Morgan fingerprint density at radius 2 is 0.514 bits per heavy atom. The average molecular weight is 1010 g/mol. The van der Waals surface area contributed by atoms with Gasteiger partial charge in [0.1, 0.15) is 13.2 Å². The van der Waals surface area contributed by atoms with E-state index in [-0.39, 0.29) is 31.1 Å². The Bertz CT molecular complexity index is 1250. The summed E-state index contributed by atoms with van der Waals surface area (Å²) in [5.74, 6) is -0.879. The van der Waals surface area contributed by atoms with Crippen LogP contribution in [-0.4, -0.2) is 37.2 Å². The van der Waals surface area contributed by atoms with Gasteiger partial charge in [0, 0.05) is 19.3 Å². The zero-order chi connectivity index (χ0) is 52.2. The van der Waals surface area contributed by atoms with Crippen LogP contribution in [0.1, 0.15) is 335 Å². The van der Waals surface area contributed by atoms with E-state index in [4.69, 9.17) is 14.2 Å². The van der Waals surface area contributed by atoms with E-state index in [1.165, 1.54) is 218 Å². The highest BCUT2D eigenvalue weighted by Crippen LogP contribution is 2.17. The van der Waals surface area contributed by atoms with Gasteiger partial charge in [0.25, 0.3) is 0 Å². The third kappa shape index (κ3) is 58.3. The van der Waals surface area contributed by atoms with Crippen LogP contribution in [0.4, 0.5) is 0 Å². The Labute approximate surface area is 448 Å². The average Bonchev–Trinajstić information content (AvgIpc) is 3.38. The van der Waals surface area contributed by atoms with Crippen molar-refractivity contribution in [2.45, 2.75) is 341 Å². The normalized spacial score (nSPS) is 12.3. The van der Waals surface area contributed by atoms with E-state index in [1.54, 1.807) is 0 Å². The summed E-state index contributed by atoms with van der Waals surface area (Å²) in [5, 5.41) is 0. The molecule has 72 heavy (non-hydrogen) atoms. The highest BCUT2D eigenvalue weighted by molar-refractivity contribution is 5.71. The summed E-state index contributed by atoms with van der Waals surface area (Å²) in [6.45, 7) is 6.61. The molecule has 0 aromatic rings. The van der Waals surface area contributed by atoms with Gasteiger partial charge in [0.05, 0.1) is 0 Å². The molecule has 0 N–H and O–H groups in total. The molecule has 0 spiro atoms. The van der Waals surface area contributed by atoms with E-state index < -0.39 is 6.10 Å². The zero-order valence-electron chi connectivity index (χ0n) is 48.2.